The molecule has 2 aromatic heterocycles. The Hall–Kier alpha value is -1.59. The molecule has 0 aliphatic rings. The molecule has 2 rings (SSSR count). The van der Waals surface area contributed by atoms with Crippen LogP contribution in [0.1, 0.15) is 15.4 Å². The Kier molecular flexibility index (Phi) is 4.17. The number of carboxylic acids is 1. The van der Waals surface area contributed by atoms with E-state index in [1.165, 1.54) is 17.1 Å². The zero-order valence-corrected chi connectivity index (χ0v) is 11.0. The Morgan fingerprint density at radius 1 is 1.44 bits per heavy atom. The highest BCUT2D eigenvalue weighted by Gasteiger charge is 2.04. The number of anilines is 1. The molecule has 0 amide bonds. The van der Waals surface area contributed by atoms with Crippen LogP contribution in [0.5, 0.6) is 0 Å². The molecule has 2 heterocycles. The fourth-order valence-electron chi connectivity index (χ4n) is 1.47. The summed E-state index contributed by atoms with van der Waals surface area (Å²) in [5, 5.41) is 12.0. The maximum Gasteiger partial charge on any atom is 0.354 e. The van der Waals surface area contributed by atoms with Crippen molar-refractivity contribution in [3.05, 3.63) is 45.4 Å². The largest absolute Gasteiger partial charge is 0.477 e. The average molecular weight is 283 g/mol. The van der Waals surface area contributed by atoms with Crippen molar-refractivity contribution in [2.75, 3.05) is 11.9 Å². The number of rotatable bonds is 5. The number of carbonyl (C=O) groups is 1. The summed E-state index contributed by atoms with van der Waals surface area (Å²) in [6.07, 6.45) is 2.33. The number of aromatic carboxylic acids is 1. The molecular weight excluding hydrogens is 272 g/mol. The predicted molar refractivity (Wildman–Crippen MR) is 72.7 cm³/mol. The average Bonchev–Trinajstić information content (AvgIpc) is 2.75. The van der Waals surface area contributed by atoms with Crippen LogP contribution in [0.15, 0.2) is 30.5 Å². The Bertz CT molecular complexity index is 557. The van der Waals surface area contributed by atoms with E-state index >= 15 is 0 Å². The normalized spacial score (nSPS) is 10.3. The Morgan fingerprint density at radius 3 is 2.94 bits per heavy atom. The number of nitrogens with one attached hydrogen (secondary N) is 1. The third-order valence-electron chi connectivity index (χ3n) is 2.31. The van der Waals surface area contributed by atoms with Crippen molar-refractivity contribution in [3.63, 3.8) is 0 Å². The van der Waals surface area contributed by atoms with Gasteiger partial charge in [-0.3, -0.25) is 0 Å². The van der Waals surface area contributed by atoms with Gasteiger partial charge in [0.2, 0.25) is 0 Å². The summed E-state index contributed by atoms with van der Waals surface area (Å²) in [4.78, 5) is 15.7. The molecule has 2 aromatic rings. The van der Waals surface area contributed by atoms with Gasteiger partial charge in [-0.1, -0.05) is 11.6 Å². The Morgan fingerprint density at radius 2 is 2.28 bits per heavy atom. The molecule has 0 aliphatic carbocycles. The molecule has 0 aromatic carbocycles. The van der Waals surface area contributed by atoms with Crippen molar-refractivity contribution in [3.8, 4) is 0 Å². The van der Waals surface area contributed by atoms with E-state index in [2.05, 4.69) is 10.3 Å². The number of hydrogen-bond acceptors (Lipinski definition) is 4. The minimum Gasteiger partial charge on any atom is -0.477 e. The highest BCUT2D eigenvalue weighted by molar-refractivity contribution is 7.16. The molecule has 0 atom stereocenters. The van der Waals surface area contributed by atoms with Gasteiger partial charge in [-0.05, 0) is 30.7 Å². The van der Waals surface area contributed by atoms with Crippen molar-refractivity contribution in [1.29, 1.82) is 0 Å². The number of thiophene rings is 1. The molecule has 0 fully saturated rings. The first-order valence-corrected chi connectivity index (χ1v) is 6.52. The van der Waals surface area contributed by atoms with Crippen LogP contribution in [0.25, 0.3) is 0 Å². The summed E-state index contributed by atoms with van der Waals surface area (Å²) in [5.74, 6) is -1.02. The first kappa shape index (κ1) is 12.9. The van der Waals surface area contributed by atoms with Gasteiger partial charge in [0.25, 0.3) is 0 Å². The van der Waals surface area contributed by atoms with Crippen LogP contribution in [0.4, 0.5) is 5.69 Å². The molecule has 0 unspecified atom stereocenters. The lowest BCUT2D eigenvalue weighted by Crippen LogP contribution is -2.06. The van der Waals surface area contributed by atoms with Crippen molar-refractivity contribution < 1.29 is 9.90 Å². The molecule has 0 bridgehead atoms. The van der Waals surface area contributed by atoms with E-state index in [9.17, 15) is 4.79 Å². The van der Waals surface area contributed by atoms with E-state index in [0.717, 1.165) is 23.0 Å². The number of carboxylic acid groups (broad SMARTS) is 1. The second-order valence-corrected chi connectivity index (χ2v) is 5.42. The number of hydrogen-bond donors (Lipinski definition) is 2. The zero-order chi connectivity index (χ0) is 13.0. The van der Waals surface area contributed by atoms with Gasteiger partial charge in [0.15, 0.2) is 0 Å². The SMILES string of the molecule is O=C(O)c1cc(NCCc2ccc(Cl)s2)ccn1. The van der Waals surface area contributed by atoms with Crippen LogP contribution in [-0.4, -0.2) is 22.6 Å². The van der Waals surface area contributed by atoms with E-state index in [1.807, 2.05) is 12.1 Å². The second-order valence-electron chi connectivity index (χ2n) is 3.62. The summed E-state index contributed by atoms with van der Waals surface area (Å²) in [6, 6.07) is 7.12. The van der Waals surface area contributed by atoms with Crippen LogP contribution in [0, 0.1) is 0 Å². The fourth-order valence-corrected chi connectivity index (χ4v) is 2.56. The maximum atomic E-state index is 10.7. The minimum absolute atomic E-state index is 0.0409. The van der Waals surface area contributed by atoms with E-state index in [4.69, 9.17) is 16.7 Å². The molecule has 6 heteroatoms. The number of aromatic nitrogens is 1. The fraction of sp³-hybridized carbons (Fsp3) is 0.167. The van der Waals surface area contributed by atoms with Gasteiger partial charge in [0, 0.05) is 23.3 Å². The smallest absolute Gasteiger partial charge is 0.354 e. The molecule has 0 aliphatic heterocycles. The van der Waals surface area contributed by atoms with Gasteiger partial charge in [-0.15, -0.1) is 11.3 Å². The number of pyridine rings is 1. The van der Waals surface area contributed by atoms with Gasteiger partial charge in [0.05, 0.1) is 4.34 Å². The Labute approximate surface area is 113 Å². The molecule has 2 N–H and O–H groups in total. The van der Waals surface area contributed by atoms with Gasteiger partial charge in [-0.2, -0.15) is 0 Å². The number of halogens is 1. The molecular formula is C12H11ClN2O2S. The summed E-state index contributed by atoms with van der Waals surface area (Å²) in [7, 11) is 0. The number of nitrogens with zero attached hydrogens (tertiary/aromatic N) is 1. The second kappa shape index (κ2) is 5.84. The van der Waals surface area contributed by atoms with E-state index < -0.39 is 5.97 Å². The molecule has 94 valence electrons. The van der Waals surface area contributed by atoms with Crippen LogP contribution >= 0.6 is 22.9 Å². The lowest BCUT2D eigenvalue weighted by molar-refractivity contribution is 0.0690. The van der Waals surface area contributed by atoms with Crippen molar-refractivity contribution in [2.24, 2.45) is 0 Å². The Balaban J connectivity index is 1.90. The molecule has 0 saturated heterocycles. The summed E-state index contributed by atoms with van der Waals surface area (Å²) >= 11 is 7.39. The van der Waals surface area contributed by atoms with E-state index in [1.54, 1.807) is 17.4 Å². The molecule has 0 radical (unpaired) electrons. The zero-order valence-electron chi connectivity index (χ0n) is 9.39. The molecule has 4 nitrogen and oxygen atoms in total. The highest BCUT2D eigenvalue weighted by Crippen LogP contribution is 2.21. The first-order valence-electron chi connectivity index (χ1n) is 5.32. The topological polar surface area (TPSA) is 62.2 Å². The molecule has 0 saturated carbocycles. The van der Waals surface area contributed by atoms with Crippen molar-refractivity contribution >= 4 is 34.6 Å². The predicted octanol–water partition coefficient (Wildman–Crippen LogP) is 3.15. The van der Waals surface area contributed by atoms with Crippen LogP contribution < -0.4 is 5.32 Å². The van der Waals surface area contributed by atoms with Gasteiger partial charge < -0.3 is 10.4 Å². The standard InChI is InChI=1S/C12H11ClN2O2S/c13-11-2-1-9(18-11)4-6-14-8-3-5-15-10(7-8)12(16)17/h1-3,5,7H,4,6H2,(H,14,15)(H,16,17). The molecule has 18 heavy (non-hydrogen) atoms. The monoisotopic (exact) mass is 282 g/mol. The van der Waals surface area contributed by atoms with E-state index in [0.29, 0.717) is 0 Å². The van der Waals surface area contributed by atoms with Gasteiger partial charge in [-0.25, -0.2) is 9.78 Å². The van der Waals surface area contributed by atoms with Crippen molar-refractivity contribution in [2.45, 2.75) is 6.42 Å². The quantitative estimate of drug-likeness (QED) is 0.884. The lowest BCUT2D eigenvalue weighted by Gasteiger charge is -2.05. The summed E-state index contributed by atoms with van der Waals surface area (Å²) < 4.78 is 0.780. The van der Waals surface area contributed by atoms with Crippen LogP contribution in [-0.2, 0) is 6.42 Å². The van der Waals surface area contributed by atoms with Gasteiger partial charge in [0.1, 0.15) is 5.69 Å². The maximum absolute atomic E-state index is 10.7. The lowest BCUT2D eigenvalue weighted by atomic mass is 10.3. The minimum atomic E-state index is -1.02. The van der Waals surface area contributed by atoms with Gasteiger partial charge >= 0.3 is 5.97 Å². The summed E-state index contributed by atoms with van der Waals surface area (Å²) in [5.41, 5.74) is 0.796. The first-order chi connectivity index (χ1) is 8.65. The highest BCUT2D eigenvalue weighted by atomic mass is 35.5. The summed E-state index contributed by atoms with van der Waals surface area (Å²) in [6.45, 7) is 0.722. The third kappa shape index (κ3) is 3.45. The van der Waals surface area contributed by atoms with Crippen LogP contribution in [0.3, 0.4) is 0 Å². The van der Waals surface area contributed by atoms with Crippen LogP contribution in [0.2, 0.25) is 4.34 Å². The molecule has 0 spiro atoms. The van der Waals surface area contributed by atoms with E-state index in [-0.39, 0.29) is 5.69 Å². The third-order valence-corrected chi connectivity index (χ3v) is 3.60. The van der Waals surface area contributed by atoms with Crippen molar-refractivity contribution in [1.82, 2.24) is 4.98 Å².